The van der Waals surface area contributed by atoms with Crippen LogP contribution in [-0.2, 0) is 19.7 Å². The number of allylic oxidation sites excluding steroid dienone is 5. The van der Waals surface area contributed by atoms with Crippen molar-refractivity contribution in [1.29, 1.82) is 0 Å². The van der Waals surface area contributed by atoms with Crippen LogP contribution in [0.3, 0.4) is 0 Å². The second-order valence-corrected chi connectivity index (χ2v) is 9.99. The predicted molar refractivity (Wildman–Crippen MR) is 81.0 cm³/mol. The molecular weight excluding hydrogens is 372 g/mol. The van der Waals surface area contributed by atoms with Crippen molar-refractivity contribution in [1.82, 2.24) is 0 Å². The number of sulfone groups is 2. The van der Waals surface area contributed by atoms with Gasteiger partial charge in [0.25, 0.3) is 9.84 Å². The highest BCUT2D eigenvalue weighted by molar-refractivity contribution is 8.15. The maximum Gasteiger partial charge on any atom is 0.502 e. The molecule has 1 fully saturated rings. The largest absolute Gasteiger partial charge is 0.502 e. The third kappa shape index (κ3) is 3.58. The van der Waals surface area contributed by atoms with Crippen LogP contribution in [0.1, 0.15) is 32.1 Å². The molecule has 10 heteroatoms. The second-order valence-electron chi connectivity index (χ2n) is 5.68. The van der Waals surface area contributed by atoms with Crippen molar-refractivity contribution >= 4 is 19.7 Å². The summed E-state index contributed by atoms with van der Waals surface area (Å²) in [6.07, 6.45) is 3.12. The van der Waals surface area contributed by atoms with E-state index in [2.05, 4.69) is 0 Å². The van der Waals surface area contributed by atoms with Crippen molar-refractivity contribution in [2.75, 3.05) is 0 Å². The fraction of sp³-hybridized carbons (Fsp3) is 0.571. The fourth-order valence-electron chi connectivity index (χ4n) is 2.80. The van der Waals surface area contributed by atoms with E-state index in [4.69, 9.17) is 0 Å². The highest BCUT2D eigenvalue weighted by Gasteiger charge is 2.54. The van der Waals surface area contributed by atoms with Gasteiger partial charge in [-0.05, 0) is 37.7 Å². The van der Waals surface area contributed by atoms with Crippen LogP contribution < -0.4 is 0 Å². The summed E-state index contributed by atoms with van der Waals surface area (Å²) in [4.78, 5) is 0. The van der Waals surface area contributed by atoms with Crippen LogP contribution in [0.2, 0.25) is 0 Å². The molecule has 2 aliphatic rings. The topological polar surface area (TPSA) is 68.3 Å². The molecule has 0 N–H and O–H groups in total. The van der Waals surface area contributed by atoms with Crippen molar-refractivity contribution < 1.29 is 34.4 Å². The number of alkyl halides is 4. The smallest absolute Gasteiger partial charge is 0.247 e. The first-order valence-electron chi connectivity index (χ1n) is 7.23. The first kappa shape index (κ1) is 19.2. The lowest BCUT2D eigenvalue weighted by Gasteiger charge is -2.26. The van der Waals surface area contributed by atoms with E-state index in [9.17, 15) is 34.4 Å². The maximum atomic E-state index is 13.5. The Morgan fingerprint density at radius 1 is 1.08 bits per heavy atom. The molecule has 2 unspecified atom stereocenters. The van der Waals surface area contributed by atoms with Crippen LogP contribution in [0.5, 0.6) is 0 Å². The Morgan fingerprint density at radius 3 is 2.25 bits per heavy atom. The lowest BCUT2D eigenvalue weighted by atomic mass is 9.98. The van der Waals surface area contributed by atoms with Crippen LogP contribution in [-0.4, -0.2) is 33.8 Å². The molecule has 136 valence electrons. The average Bonchev–Trinajstić information content (AvgIpc) is 2.46. The van der Waals surface area contributed by atoms with Gasteiger partial charge in [0.1, 0.15) is 6.17 Å². The van der Waals surface area contributed by atoms with Crippen molar-refractivity contribution in [3.8, 4) is 0 Å². The molecule has 0 aliphatic heterocycles. The third-order valence-electron chi connectivity index (χ3n) is 3.95. The Hall–Kier alpha value is -1.16. The highest BCUT2D eigenvalue weighted by Crippen LogP contribution is 2.40. The predicted octanol–water partition coefficient (Wildman–Crippen LogP) is 3.34. The molecule has 4 nitrogen and oxygen atoms in total. The van der Waals surface area contributed by atoms with Crippen LogP contribution in [0.25, 0.3) is 0 Å². The van der Waals surface area contributed by atoms with Gasteiger partial charge in [0, 0.05) is 0 Å². The molecule has 0 spiro atoms. The molecule has 0 aromatic heterocycles. The summed E-state index contributed by atoms with van der Waals surface area (Å²) in [6.45, 7) is 0. The Kier molecular flexibility index (Phi) is 5.29. The molecule has 2 aliphatic carbocycles. The zero-order chi connectivity index (χ0) is 18.2. The zero-order valence-corrected chi connectivity index (χ0v) is 14.1. The fourth-order valence-corrected chi connectivity index (χ4v) is 7.18. The van der Waals surface area contributed by atoms with Crippen molar-refractivity contribution in [2.24, 2.45) is 0 Å². The van der Waals surface area contributed by atoms with Gasteiger partial charge in [-0.1, -0.05) is 24.3 Å². The van der Waals surface area contributed by atoms with Crippen LogP contribution in [0.15, 0.2) is 34.1 Å². The molecule has 0 saturated heterocycles. The van der Waals surface area contributed by atoms with E-state index in [-0.39, 0.29) is 25.7 Å². The average molecular weight is 388 g/mol. The minimum absolute atomic E-state index is 0.0630. The summed E-state index contributed by atoms with van der Waals surface area (Å²) in [5.41, 5.74) is -6.20. The summed E-state index contributed by atoms with van der Waals surface area (Å²) in [5.74, 6) is 0. The SMILES string of the molecule is O=S(=O)(C(=C1C=CC=CC1)S(=O)(=O)C(F)(F)F)C1CCCC(F)C1. The third-order valence-corrected chi connectivity index (χ3v) is 8.75. The highest BCUT2D eigenvalue weighted by atomic mass is 32.3. The van der Waals surface area contributed by atoms with E-state index in [1.807, 2.05) is 0 Å². The number of rotatable bonds is 3. The second kappa shape index (κ2) is 6.62. The molecule has 0 amide bonds. The molecule has 0 bridgehead atoms. The molecule has 1 saturated carbocycles. The summed E-state index contributed by atoms with van der Waals surface area (Å²) in [5, 5.41) is -1.47. The molecule has 0 heterocycles. The van der Waals surface area contributed by atoms with E-state index >= 15 is 0 Å². The van der Waals surface area contributed by atoms with E-state index in [1.165, 1.54) is 18.2 Å². The summed E-state index contributed by atoms with van der Waals surface area (Å²) in [6, 6.07) is 0. The van der Waals surface area contributed by atoms with Crippen LogP contribution >= 0.6 is 0 Å². The molecule has 0 aromatic carbocycles. The van der Waals surface area contributed by atoms with Gasteiger partial charge >= 0.3 is 5.51 Å². The Balaban J connectivity index is 2.64. The van der Waals surface area contributed by atoms with E-state index in [0.29, 0.717) is 0 Å². The Morgan fingerprint density at radius 2 is 1.75 bits per heavy atom. The van der Waals surface area contributed by atoms with E-state index in [0.717, 1.165) is 6.08 Å². The normalized spacial score (nSPS) is 28.0. The van der Waals surface area contributed by atoms with Crippen LogP contribution in [0, 0.1) is 0 Å². The van der Waals surface area contributed by atoms with Gasteiger partial charge in [0.2, 0.25) is 0 Å². The minimum Gasteiger partial charge on any atom is -0.247 e. The zero-order valence-electron chi connectivity index (χ0n) is 12.5. The molecule has 0 aromatic rings. The molecular formula is C14H16F4O4S2. The van der Waals surface area contributed by atoms with Crippen molar-refractivity contribution in [2.45, 2.75) is 49.0 Å². The summed E-state index contributed by atoms with van der Waals surface area (Å²) >= 11 is 0. The minimum atomic E-state index is -6.08. The van der Waals surface area contributed by atoms with Gasteiger partial charge in [0.15, 0.2) is 14.1 Å². The summed E-state index contributed by atoms with van der Waals surface area (Å²) < 4.78 is 100. The number of hydrogen-bond acceptors (Lipinski definition) is 4. The number of hydrogen-bond donors (Lipinski definition) is 0. The van der Waals surface area contributed by atoms with Gasteiger partial charge in [-0.2, -0.15) is 13.2 Å². The van der Waals surface area contributed by atoms with E-state index < -0.39 is 52.8 Å². The van der Waals surface area contributed by atoms with Gasteiger partial charge in [-0.15, -0.1) is 0 Å². The Labute approximate surface area is 137 Å². The van der Waals surface area contributed by atoms with Gasteiger partial charge in [-0.3, -0.25) is 0 Å². The monoisotopic (exact) mass is 388 g/mol. The van der Waals surface area contributed by atoms with Gasteiger partial charge in [-0.25, -0.2) is 21.2 Å². The maximum absolute atomic E-state index is 13.5. The van der Waals surface area contributed by atoms with Gasteiger partial charge < -0.3 is 0 Å². The van der Waals surface area contributed by atoms with Crippen molar-refractivity contribution in [3.05, 3.63) is 34.1 Å². The van der Waals surface area contributed by atoms with Crippen LogP contribution in [0.4, 0.5) is 17.6 Å². The molecule has 2 atom stereocenters. The molecule has 24 heavy (non-hydrogen) atoms. The van der Waals surface area contributed by atoms with E-state index in [1.54, 1.807) is 0 Å². The first-order valence-corrected chi connectivity index (χ1v) is 10.3. The van der Waals surface area contributed by atoms with Crippen molar-refractivity contribution in [3.63, 3.8) is 0 Å². The Bertz CT molecular complexity index is 789. The number of halogens is 4. The molecule has 2 rings (SSSR count). The molecule has 0 radical (unpaired) electrons. The quantitative estimate of drug-likeness (QED) is 0.696. The van der Waals surface area contributed by atoms with Gasteiger partial charge in [0.05, 0.1) is 5.25 Å². The first-order chi connectivity index (χ1) is 11.0. The lowest BCUT2D eigenvalue weighted by molar-refractivity contribution is -0.0425. The standard InChI is InChI=1S/C14H16F4O4S2/c15-11-7-4-8-12(9-11)23(19,20)13(10-5-2-1-3-6-10)24(21,22)14(16,17)18/h1-3,5,11-12H,4,6-9H2. The lowest BCUT2D eigenvalue weighted by Crippen LogP contribution is -2.36. The summed E-state index contributed by atoms with van der Waals surface area (Å²) in [7, 11) is -10.9.